The molecule has 1 aromatic rings. The Morgan fingerprint density at radius 2 is 1.79 bits per heavy atom. The Bertz CT molecular complexity index is 411. The van der Waals surface area contributed by atoms with Crippen LogP contribution in [0.2, 0.25) is 0 Å². The number of rotatable bonds is 3. The molecular formula is C15H22N2OS. The number of carbonyl (C=O) groups excluding carboxylic acids is 1. The van der Waals surface area contributed by atoms with Crippen molar-refractivity contribution < 1.29 is 4.79 Å². The van der Waals surface area contributed by atoms with E-state index >= 15 is 0 Å². The summed E-state index contributed by atoms with van der Waals surface area (Å²) in [6.45, 7) is 2.28. The highest BCUT2D eigenvalue weighted by Gasteiger charge is 2.19. The van der Waals surface area contributed by atoms with E-state index in [1.807, 2.05) is 30.5 Å². The molecule has 1 saturated carbocycles. The first-order valence-corrected chi connectivity index (χ1v) is 8.11. The van der Waals surface area contributed by atoms with Gasteiger partial charge in [-0.2, -0.15) is 0 Å². The van der Waals surface area contributed by atoms with Crippen LogP contribution in [0.25, 0.3) is 0 Å². The van der Waals surface area contributed by atoms with E-state index in [2.05, 4.69) is 17.6 Å². The lowest BCUT2D eigenvalue weighted by molar-refractivity contribution is 0.239. The number of carbonyl (C=O) groups is 1. The lowest BCUT2D eigenvalue weighted by Gasteiger charge is -2.26. The normalized spacial score (nSPS) is 22.8. The van der Waals surface area contributed by atoms with Crippen molar-refractivity contribution in [3.63, 3.8) is 0 Å². The standard InChI is InChI=1S/C15H22N2OS/c1-11-3-5-12(6-4-11)16-15(18)17-13-7-9-14(19-2)10-8-13/h7-12H,3-6H2,1-2H3,(H2,16,17,18). The van der Waals surface area contributed by atoms with Crippen LogP contribution in [0.15, 0.2) is 29.2 Å². The van der Waals surface area contributed by atoms with Crippen molar-refractivity contribution in [2.24, 2.45) is 5.92 Å². The second kappa shape index (κ2) is 6.85. The zero-order valence-corrected chi connectivity index (χ0v) is 12.4. The second-order valence-electron chi connectivity index (χ2n) is 5.28. The summed E-state index contributed by atoms with van der Waals surface area (Å²) in [5, 5.41) is 5.95. The Labute approximate surface area is 119 Å². The highest BCUT2D eigenvalue weighted by atomic mass is 32.2. The maximum Gasteiger partial charge on any atom is 0.319 e. The number of hydrogen-bond acceptors (Lipinski definition) is 2. The fraction of sp³-hybridized carbons (Fsp3) is 0.533. The van der Waals surface area contributed by atoms with E-state index in [4.69, 9.17) is 0 Å². The zero-order valence-electron chi connectivity index (χ0n) is 11.6. The van der Waals surface area contributed by atoms with Gasteiger partial charge in [-0.05, 0) is 62.1 Å². The third kappa shape index (κ3) is 4.46. The van der Waals surface area contributed by atoms with Crippen molar-refractivity contribution in [3.05, 3.63) is 24.3 Å². The topological polar surface area (TPSA) is 41.1 Å². The van der Waals surface area contributed by atoms with Gasteiger partial charge in [0.05, 0.1) is 0 Å². The molecule has 0 radical (unpaired) electrons. The molecule has 19 heavy (non-hydrogen) atoms. The number of urea groups is 1. The molecule has 0 bridgehead atoms. The van der Waals surface area contributed by atoms with E-state index in [1.165, 1.54) is 17.7 Å². The van der Waals surface area contributed by atoms with Crippen molar-refractivity contribution in [2.75, 3.05) is 11.6 Å². The Morgan fingerprint density at radius 3 is 2.37 bits per heavy atom. The summed E-state index contributed by atoms with van der Waals surface area (Å²) in [7, 11) is 0. The summed E-state index contributed by atoms with van der Waals surface area (Å²) in [5.41, 5.74) is 0.847. The first-order chi connectivity index (χ1) is 9.17. The van der Waals surface area contributed by atoms with Gasteiger partial charge in [-0.1, -0.05) is 6.92 Å². The van der Waals surface area contributed by atoms with Crippen LogP contribution in [0.3, 0.4) is 0 Å². The van der Waals surface area contributed by atoms with Crippen LogP contribution in [-0.2, 0) is 0 Å². The highest BCUT2D eigenvalue weighted by Crippen LogP contribution is 2.23. The number of benzene rings is 1. The van der Waals surface area contributed by atoms with Crippen molar-refractivity contribution >= 4 is 23.5 Å². The Morgan fingerprint density at radius 1 is 1.16 bits per heavy atom. The highest BCUT2D eigenvalue weighted by molar-refractivity contribution is 7.98. The van der Waals surface area contributed by atoms with Gasteiger partial charge < -0.3 is 10.6 Å². The number of nitrogens with one attached hydrogen (secondary N) is 2. The summed E-state index contributed by atoms with van der Waals surface area (Å²) in [6, 6.07) is 8.16. The summed E-state index contributed by atoms with van der Waals surface area (Å²) >= 11 is 1.70. The molecule has 0 aliphatic heterocycles. The van der Waals surface area contributed by atoms with E-state index in [1.54, 1.807) is 11.8 Å². The van der Waals surface area contributed by atoms with Crippen LogP contribution in [0.1, 0.15) is 32.6 Å². The van der Waals surface area contributed by atoms with Crippen LogP contribution in [0.5, 0.6) is 0 Å². The Balaban J connectivity index is 1.80. The van der Waals surface area contributed by atoms with Gasteiger partial charge in [-0.3, -0.25) is 0 Å². The first-order valence-electron chi connectivity index (χ1n) is 6.89. The van der Waals surface area contributed by atoms with Crippen LogP contribution < -0.4 is 10.6 Å². The molecule has 2 N–H and O–H groups in total. The molecule has 1 aliphatic rings. The first kappa shape index (κ1) is 14.3. The van der Waals surface area contributed by atoms with Gasteiger partial charge in [0.2, 0.25) is 0 Å². The van der Waals surface area contributed by atoms with E-state index < -0.39 is 0 Å². The maximum atomic E-state index is 11.9. The summed E-state index contributed by atoms with van der Waals surface area (Å²) < 4.78 is 0. The molecule has 0 saturated heterocycles. The largest absolute Gasteiger partial charge is 0.335 e. The monoisotopic (exact) mass is 278 g/mol. The minimum Gasteiger partial charge on any atom is -0.335 e. The van der Waals surface area contributed by atoms with E-state index in [-0.39, 0.29) is 6.03 Å². The third-order valence-electron chi connectivity index (χ3n) is 3.70. The fourth-order valence-electron chi connectivity index (χ4n) is 2.43. The average molecular weight is 278 g/mol. The van der Waals surface area contributed by atoms with Crippen molar-refractivity contribution in [2.45, 2.75) is 43.5 Å². The molecule has 2 amide bonds. The van der Waals surface area contributed by atoms with Crippen molar-refractivity contribution in [1.29, 1.82) is 0 Å². The zero-order chi connectivity index (χ0) is 13.7. The number of anilines is 1. The van der Waals surface area contributed by atoms with Crippen LogP contribution in [0.4, 0.5) is 10.5 Å². The van der Waals surface area contributed by atoms with E-state index in [0.717, 1.165) is 24.4 Å². The number of hydrogen-bond donors (Lipinski definition) is 2. The van der Waals surface area contributed by atoms with Gasteiger partial charge in [0.1, 0.15) is 0 Å². The van der Waals surface area contributed by atoms with Crippen LogP contribution in [-0.4, -0.2) is 18.3 Å². The predicted molar refractivity (Wildman–Crippen MR) is 81.8 cm³/mol. The minimum absolute atomic E-state index is 0.0866. The minimum atomic E-state index is -0.0866. The molecule has 0 atom stereocenters. The second-order valence-corrected chi connectivity index (χ2v) is 6.16. The van der Waals surface area contributed by atoms with Gasteiger partial charge in [0.25, 0.3) is 0 Å². The third-order valence-corrected chi connectivity index (χ3v) is 4.44. The van der Waals surface area contributed by atoms with Gasteiger partial charge in [-0.15, -0.1) is 11.8 Å². The number of thioether (sulfide) groups is 1. The van der Waals surface area contributed by atoms with Crippen molar-refractivity contribution in [1.82, 2.24) is 5.32 Å². The molecule has 3 nitrogen and oxygen atoms in total. The maximum absolute atomic E-state index is 11.9. The lowest BCUT2D eigenvalue weighted by atomic mass is 9.87. The molecule has 4 heteroatoms. The van der Waals surface area contributed by atoms with Crippen LogP contribution >= 0.6 is 11.8 Å². The quantitative estimate of drug-likeness (QED) is 0.817. The number of amides is 2. The summed E-state index contributed by atoms with van der Waals surface area (Å²) in [4.78, 5) is 13.1. The van der Waals surface area contributed by atoms with Crippen molar-refractivity contribution in [3.8, 4) is 0 Å². The Hall–Kier alpha value is -1.16. The molecule has 104 valence electrons. The van der Waals surface area contributed by atoms with Crippen LogP contribution in [0, 0.1) is 5.92 Å². The van der Waals surface area contributed by atoms with Gasteiger partial charge in [0.15, 0.2) is 0 Å². The predicted octanol–water partition coefficient (Wildman–Crippen LogP) is 4.11. The fourth-order valence-corrected chi connectivity index (χ4v) is 2.84. The summed E-state index contributed by atoms with van der Waals surface area (Å²) in [6.07, 6.45) is 6.67. The molecule has 1 aromatic carbocycles. The molecule has 0 unspecified atom stereocenters. The molecule has 1 aliphatic carbocycles. The smallest absolute Gasteiger partial charge is 0.319 e. The lowest BCUT2D eigenvalue weighted by Crippen LogP contribution is -2.39. The molecule has 0 heterocycles. The van der Waals surface area contributed by atoms with E-state index in [0.29, 0.717) is 6.04 Å². The van der Waals surface area contributed by atoms with Gasteiger partial charge in [0, 0.05) is 16.6 Å². The van der Waals surface area contributed by atoms with E-state index in [9.17, 15) is 4.79 Å². The average Bonchev–Trinajstić information content (AvgIpc) is 2.42. The molecule has 2 rings (SSSR count). The van der Waals surface area contributed by atoms with Gasteiger partial charge in [-0.25, -0.2) is 4.79 Å². The molecule has 0 aromatic heterocycles. The van der Waals surface area contributed by atoms with Gasteiger partial charge >= 0.3 is 6.03 Å². The molecule has 1 fully saturated rings. The Kier molecular flexibility index (Phi) is 5.14. The summed E-state index contributed by atoms with van der Waals surface area (Å²) in [5.74, 6) is 0.806. The SMILES string of the molecule is CSc1ccc(NC(=O)NC2CCC(C)CC2)cc1. The molecular weight excluding hydrogens is 256 g/mol. The molecule has 0 spiro atoms.